The van der Waals surface area contributed by atoms with Crippen LogP contribution >= 0.6 is 11.8 Å². The normalized spacial score (nSPS) is 15.6. The number of amides is 1. The minimum atomic E-state index is -0.399. The summed E-state index contributed by atoms with van der Waals surface area (Å²) in [7, 11) is 0. The second-order valence-corrected chi connectivity index (χ2v) is 6.31. The Balaban J connectivity index is 1.72. The van der Waals surface area contributed by atoms with Crippen LogP contribution in [0.25, 0.3) is 0 Å². The first kappa shape index (κ1) is 15.8. The molecule has 0 aliphatic heterocycles. The van der Waals surface area contributed by atoms with Crippen LogP contribution in [0.1, 0.15) is 37.7 Å². The molecule has 0 aromatic heterocycles. The van der Waals surface area contributed by atoms with Gasteiger partial charge in [0.1, 0.15) is 0 Å². The first-order valence-electron chi connectivity index (χ1n) is 7.25. The van der Waals surface area contributed by atoms with E-state index in [2.05, 4.69) is 5.32 Å². The topological polar surface area (TPSA) is 72.2 Å². The summed E-state index contributed by atoms with van der Waals surface area (Å²) in [4.78, 5) is 22.1. The number of carbonyl (C=O) groups is 1. The second kappa shape index (κ2) is 8.02. The van der Waals surface area contributed by atoms with Gasteiger partial charge in [0, 0.05) is 23.9 Å². The molecule has 2 rings (SSSR count). The summed E-state index contributed by atoms with van der Waals surface area (Å²) in [6.07, 6.45) is 5.84. The monoisotopic (exact) mass is 308 g/mol. The summed E-state index contributed by atoms with van der Waals surface area (Å²) in [6.45, 7) is 0. The Morgan fingerprint density at radius 1 is 1.33 bits per heavy atom. The van der Waals surface area contributed by atoms with E-state index in [0.717, 1.165) is 18.4 Å². The Morgan fingerprint density at radius 2 is 2.10 bits per heavy atom. The lowest BCUT2D eigenvalue weighted by molar-refractivity contribution is -0.384. The number of nitro groups is 1. The fourth-order valence-corrected chi connectivity index (χ4v) is 3.32. The zero-order valence-corrected chi connectivity index (χ0v) is 12.7. The summed E-state index contributed by atoms with van der Waals surface area (Å²) in [5.74, 6) is 1.08. The number of hydrogen-bond acceptors (Lipinski definition) is 4. The van der Waals surface area contributed by atoms with Gasteiger partial charge in [0.25, 0.3) is 5.69 Å². The van der Waals surface area contributed by atoms with Crippen LogP contribution in [0.2, 0.25) is 0 Å². The first-order valence-corrected chi connectivity index (χ1v) is 8.41. The average molecular weight is 308 g/mol. The quantitative estimate of drug-likeness (QED) is 0.646. The third-order valence-electron chi connectivity index (χ3n) is 3.59. The van der Waals surface area contributed by atoms with Crippen LogP contribution in [0, 0.1) is 10.1 Å². The average Bonchev–Trinajstić information content (AvgIpc) is 2.48. The maximum Gasteiger partial charge on any atom is 0.269 e. The summed E-state index contributed by atoms with van der Waals surface area (Å²) >= 11 is 1.49. The molecule has 1 N–H and O–H groups in total. The Labute approximate surface area is 128 Å². The minimum Gasteiger partial charge on any atom is -0.353 e. The highest BCUT2D eigenvalue weighted by Crippen LogP contribution is 2.19. The van der Waals surface area contributed by atoms with E-state index in [1.807, 2.05) is 6.07 Å². The zero-order chi connectivity index (χ0) is 15.1. The Morgan fingerprint density at radius 3 is 2.81 bits per heavy atom. The lowest BCUT2D eigenvalue weighted by Gasteiger charge is -2.22. The van der Waals surface area contributed by atoms with Crippen LogP contribution in [0.3, 0.4) is 0 Å². The van der Waals surface area contributed by atoms with E-state index < -0.39 is 4.92 Å². The predicted molar refractivity (Wildman–Crippen MR) is 84.3 cm³/mol. The maximum absolute atomic E-state index is 11.8. The predicted octanol–water partition coefficient (Wildman–Crippen LogP) is 3.28. The second-order valence-electron chi connectivity index (χ2n) is 5.32. The van der Waals surface area contributed by atoms with Gasteiger partial charge in [-0.2, -0.15) is 0 Å². The molecule has 114 valence electrons. The summed E-state index contributed by atoms with van der Waals surface area (Å²) < 4.78 is 0. The molecule has 0 spiro atoms. The summed E-state index contributed by atoms with van der Waals surface area (Å²) in [5.41, 5.74) is 0.972. The molecule has 5 nitrogen and oxygen atoms in total. The number of nitrogens with zero attached hydrogens (tertiary/aromatic N) is 1. The van der Waals surface area contributed by atoms with Crippen molar-refractivity contribution in [1.82, 2.24) is 5.32 Å². The number of benzene rings is 1. The van der Waals surface area contributed by atoms with Gasteiger partial charge in [0.05, 0.1) is 10.7 Å². The van der Waals surface area contributed by atoms with Crippen LogP contribution in [-0.2, 0) is 10.5 Å². The smallest absolute Gasteiger partial charge is 0.269 e. The highest BCUT2D eigenvalue weighted by molar-refractivity contribution is 7.99. The van der Waals surface area contributed by atoms with E-state index in [0.29, 0.717) is 17.5 Å². The van der Waals surface area contributed by atoms with Crippen molar-refractivity contribution in [2.24, 2.45) is 0 Å². The van der Waals surface area contributed by atoms with Crippen molar-refractivity contribution in [3.8, 4) is 0 Å². The van der Waals surface area contributed by atoms with Gasteiger partial charge in [-0.3, -0.25) is 14.9 Å². The van der Waals surface area contributed by atoms with Crippen molar-refractivity contribution in [2.75, 3.05) is 5.75 Å². The number of hydrogen-bond donors (Lipinski definition) is 1. The third kappa shape index (κ3) is 5.38. The molecule has 1 fully saturated rings. The first-order chi connectivity index (χ1) is 10.1. The highest BCUT2D eigenvalue weighted by Gasteiger charge is 2.15. The van der Waals surface area contributed by atoms with E-state index in [9.17, 15) is 14.9 Å². The Bertz CT molecular complexity index is 501. The molecule has 1 amide bonds. The molecule has 1 aliphatic rings. The van der Waals surface area contributed by atoms with E-state index in [1.165, 1.54) is 37.1 Å². The molecular weight excluding hydrogens is 288 g/mol. The van der Waals surface area contributed by atoms with Crippen LogP contribution in [0.5, 0.6) is 0 Å². The van der Waals surface area contributed by atoms with E-state index in [4.69, 9.17) is 0 Å². The van der Waals surface area contributed by atoms with Gasteiger partial charge in [-0.25, -0.2) is 0 Å². The van der Waals surface area contributed by atoms with Gasteiger partial charge >= 0.3 is 0 Å². The van der Waals surface area contributed by atoms with E-state index in [-0.39, 0.29) is 11.6 Å². The van der Waals surface area contributed by atoms with Gasteiger partial charge in [0.15, 0.2) is 0 Å². The molecule has 21 heavy (non-hydrogen) atoms. The number of rotatable bonds is 6. The SMILES string of the molecule is O=C(CSCc1cccc([N+](=O)[O-])c1)NC1CCCCC1. The highest BCUT2D eigenvalue weighted by atomic mass is 32.2. The van der Waals surface area contributed by atoms with Crippen molar-refractivity contribution in [1.29, 1.82) is 0 Å². The Hall–Kier alpha value is -1.56. The summed E-state index contributed by atoms with van der Waals surface area (Å²) in [6, 6.07) is 6.90. The van der Waals surface area contributed by atoms with Gasteiger partial charge < -0.3 is 5.32 Å². The lowest BCUT2D eigenvalue weighted by Crippen LogP contribution is -2.37. The maximum atomic E-state index is 11.8. The molecule has 0 heterocycles. The standard InChI is InChI=1S/C15H20N2O3S/c18-15(16-13-6-2-1-3-7-13)11-21-10-12-5-4-8-14(9-12)17(19)20/h4-5,8-9,13H,1-3,6-7,10-11H2,(H,16,18). The van der Waals surface area contributed by atoms with E-state index in [1.54, 1.807) is 12.1 Å². The Kier molecular flexibility index (Phi) is 6.04. The lowest BCUT2D eigenvalue weighted by atomic mass is 9.95. The van der Waals surface area contributed by atoms with Gasteiger partial charge in [-0.05, 0) is 18.4 Å². The molecule has 0 radical (unpaired) electrons. The molecule has 0 atom stereocenters. The number of non-ortho nitro benzene ring substituents is 1. The van der Waals surface area contributed by atoms with Crippen molar-refractivity contribution in [3.63, 3.8) is 0 Å². The number of nitrogens with one attached hydrogen (secondary N) is 1. The third-order valence-corrected chi connectivity index (χ3v) is 4.60. The number of nitro benzene ring substituents is 1. The molecule has 1 aromatic carbocycles. The van der Waals surface area contributed by atoms with Crippen molar-refractivity contribution >= 4 is 23.4 Å². The molecule has 0 bridgehead atoms. The van der Waals surface area contributed by atoms with Crippen LogP contribution in [-0.4, -0.2) is 22.6 Å². The van der Waals surface area contributed by atoms with Gasteiger partial charge in [-0.15, -0.1) is 11.8 Å². The fraction of sp³-hybridized carbons (Fsp3) is 0.533. The van der Waals surface area contributed by atoms with Crippen molar-refractivity contribution in [2.45, 2.75) is 43.9 Å². The van der Waals surface area contributed by atoms with Gasteiger partial charge in [0.2, 0.25) is 5.91 Å². The number of carbonyl (C=O) groups excluding carboxylic acids is 1. The minimum absolute atomic E-state index is 0.0670. The molecule has 1 aromatic rings. The van der Waals surface area contributed by atoms with E-state index >= 15 is 0 Å². The molecule has 6 heteroatoms. The largest absolute Gasteiger partial charge is 0.353 e. The van der Waals surface area contributed by atoms with Crippen LogP contribution in [0.15, 0.2) is 24.3 Å². The fourth-order valence-electron chi connectivity index (χ4n) is 2.54. The van der Waals surface area contributed by atoms with Crippen molar-refractivity contribution in [3.05, 3.63) is 39.9 Å². The van der Waals surface area contributed by atoms with Gasteiger partial charge in [-0.1, -0.05) is 31.4 Å². The van der Waals surface area contributed by atoms with Crippen molar-refractivity contribution < 1.29 is 9.72 Å². The summed E-state index contributed by atoms with van der Waals surface area (Å²) in [5, 5.41) is 13.8. The molecule has 0 saturated heterocycles. The molecule has 1 saturated carbocycles. The van der Waals surface area contributed by atoms with Crippen LogP contribution in [0.4, 0.5) is 5.69 Å². The molecular formula is C15H20N2O3S. The van der Waals surface area contributed by atoms with Crippen LogP contribution < -0.4 is 5.32 Å². The molecule has 1 aliphatic carbocycles. The number of thioether (sulfide) groups is 1. The molecule has 0 unspecified atom stereocenters. The zero-order valence-electron chi connectivity index (χ0n) is 11.9.